The molecule has 1 N–H and O–H groups in total. The van der Waals surface area contributed by atoms with Crippen LogP contribution in [0.3, 0.4) is 0 Å². The highest BCUT2D eigenvalue weighted by Crippen LogP contribution is 2.28. The number of benzene rings is 2. The number of nitrogens with one attached hydrogen (secondary N) is 1. The minimum atomic E-state index is -0.195. The molecule has 0 bridgehead atoms. The van der Waals surface area contributed by atoms with E-state index in [9.17, 15) is 4.79 Å². The van der Waals surface area contributed by atoms with E-state index in [1.165, 1.54) is 11.8 Å². The van der Waals surface area contributed by atoms with Crippen LogP contribution in [-0.2, 0) is 11.8 Å². The largest absolute Gasteiger partial charge is 0.490 e. The van der Waals surface area contributed by atoms with Crippen LogP contribution in [0.1, 0.15) is 38.7 Å². The molecule has 0 aliphatic heterocycles. The molecule has 0 saturated carbocycles. The highest BCUT2D eigenvalue weighted by molar-refractivity contribution is 7.99. The maximum Gasteiger partial charge on any atom is 0.250 e. The highest BCUT2D eigenvalue weighted by Gasteiger charge is 2.10. The maximum absolute atomic E-state index is 12.2. The van der Waals surface area contributed by atoms with Gasteiger partial charge in [0, 0.05) is 7.05 Å². The lowest BCUT2D eigenvalue weighted by Crippen LogP contribution is -2.19. The van der Waals surface area contributed by atoms with Gasteiger partial charge in [0.2, 0.25) is 0 Å². The van der Waals surface area contributed by atoms with Gasteiger partial charge in [-0.2, -0.15) is 5.10 Å². The van der Waals surface area contributed by atoms with E-state index >= 15 is 0 Å². The Morgan fingerprint density at radius 2 is 2.00 bits per heavy atom. The first-order valence-corrected chi connectivity index (χ1v) is 11.9. The summed E-state index contributed by atoms with van der Waals surface area (Å²) in [6, 6.07) is 13.5. The summed E-state index contributed by atoms with van der Waals surface area (Å²) in [5, 5.41) is 4.87. The first kappa shape index (κ1) is 23.7. The number of hydrazone groups is 1. The summed E-state index contributed by atoms with van der Waals surface area (Å²) in [4.78, 5) is 16.8. The summed E-state index contributed by atoms with van der Waals surface area (Å²) in [6.45, 7) is 5.31. The fraction of sp³-hybridized carbons (Fsp3) is 0.375. The van der Waals surface area contributed by atoms with Gasteiger partial charge in [0.15, 0.2) is 16.7 Å². The van der Waals surface area contributed by atoms with Crippen LogP contribution >= 0.6 is 11.8 Å². The first-order valence-electron chi connectivity index (χ1n) is 10.9. The summed E-state index contributed by atoms with van der Waals surface area (Å²) in [5.41, 5.74) is 5.34. The van der Waals surface area contributed by atoms with Crippen molar-refractivity contribution in [1.29, 1.82) is 0 Å². The van der Waals surface area contributed by atoms with Gasteiger partial charge in [-0.1, -0.05) is 43.7 Å². The van der Waals surface area contributed by atoms with Crippen LogP contribution in [-0.4, -0.2) is 40.6 Å². The highest BCUT2D eigenvalue weighted by atomic mass is 32.2. The van der Waals surface area contributed by atoms with Crippen LogP contribution in [0, 0.1) is 0 Å². The van der Waals surface area contributed by atoms with Crippen molar-refractivity contribution < 1.29 is 14.3 Å². The number of fused-ring (bicyclic) bond motifs is 1. The molecule has 0 unspecified atom stereocenters. The zero-order valence-corrected chi connectivity index (χ0v) is 19.7. The quantitative estimate of drug-likeness (QED) is 0.184. The molecule has 32 heavy (non-hydrogen) atoms. The van der Waals surface area contributed by atoms with Gasteiger partial charge in [-0.25, -0.2) is 10.4 Å². The maximum atomic E-state index is 12.2. The third-order valence-electron chi connectivity index (χ3n) is 4.75. The summed E-state index contributed by atoms with van der Waals surface area (Å²) in [7, 11) is 1.95. The Bertz CT molecular complexity index is 1060. The topological polar surface area (TPSA) is 77.7 Å². The summed E-state index contributed by atoms with van der Waals surface area (Å²) in [6.07, 6.45) is 4.91. The van der Waals surface area contributed by atoms with Gasteiger partial charge < -0.3 is 14.0 Å². The number of nitrogens with zero attached hydrogens (tertiary/aromatic N) is 3. The Labute approximate surface area is 193 Å². The summed E-state index contributed by atoms with van der Waals surface area (Å²) in [5.74, 6) is 1.43. The molecule has 0 aliphatic rings. The Hall–Kier alpha value is -3.00. The molecular weight excluding hydrogens is 424 g/mol. The molecule has 0 spiro atoms. The lowest BCUT2D eigenvalue weighted by Gasteiger charge is -2.12. The van der Waals surface area contributed by atoms with E-state index in [4.69, 9.17) is 9.47 Å². The second kappa shape index (κ2) is 12.1. The minimum absolute atomic E-state index is 0.195. The summed E-state index contributed by atoms with van der Waals surface area (Å²) < 4.78 is 13.5. The molecule has 3 aromatic rings. The Kier molecular flexibility index (Phi) is 8.98. The third-order valence-corrected chi connectivity index (χ3v) is 5.78. The van der Waals surface area contributed by atoms with E-state index in [1.807, 2.05) is 61.0 Å². The van der Waals surface area contributed by atoms with E-state index in [-0.39, 0.29) is 11.7 Å². The number of hydrogen-bond donors (Lipinski definition) is 1. The van der Waals surface area contributed by atoms with E-state index in [1.54, 1.807) is 6.21 Å². The fourth-order valence-electron chi connectivity index (χ4n) is 3.12. The minimum Gasteiger partial charge on any atom is -0.490 e. The molecule has 7 nitrogen and oxygen atoms in total. The first-order chi connectivity index (χ1) is 15.6. The fourth-order valence-corrected chi connectivity index (χ4v) is 3.90. The summed E-state index contributed by atoms with van der Waals surface area (Å²) >= 11 is 1.38. The molecule has 0 fully saturated rings. The van der Waals surface area contributed by atoms with Crippen LogP contribution in [0.15, 0.2) is 52.7 Å². The predicted molar refractivity (Wildman–Crippen MR) is 130 cm³/mol. The standard InChI is InChI=1S/C24H30N4O3S/c1-4-6-9-14-31-21-13-12-18(15-22(21)30-5-2)16-25-27-23(29)17-32-24-26-19-10-7-8-11-20(19)28(24)3/h7-8,10-13,15-16H,4-6,9,14,17H2,1-3H3,(H,27,29)/b25-16-. The van der Waals surface area contributed by atoms with E-state index in [0.29, 0.717) is 19.0 Å². The van der Waals surface area contributed by atoms with Crippen molar-refractivity contribution in [2.75, 3.05) is 19.0 Å². The molecular formula is C24H30N4O3S. The number of imidazole rings is 1. The number of rotatable bonds is 12. The van der Waals surface area contributed by atoms with Crippen LogP contribution < -0.4 is 14.9 Å². The normalized spacial score (nSPS) is 11.2. The molecule has 170 valence electrons. The van der Waals surface area contributed by atoms with Crippen molar-refractivity contribution in [2.24, 2.45) is 12.1 Å². The van der Waals surface area contributed by atoms with Gasteiger partial charge in [0.1, 0.15) is 0 Å². The van der Waals surface area contributed by atoms with Crippen molar-refractivity contribution in [2.45, 2.75) is 38.3 Å². The monoisotopic (exact) mass is 454 g/mol. The molecule has 0 atom stereocenters. The zero-order valence-electron chi connectivity index (χ0n) is 18.8. The van der Waals surface area contributed by atoms with Crippen molar-refractivity contribution in [3.05, 3.63) is 48.0 Å². The predicted octanol–water partition coefficient (Wildman–Crippen LogP) is 4.78. The van der Waals surface area contributed by atoms with Crippen LogP contribution in [0.2, 0.25) is 0 Å². The zero-order chi connectivity index (χ0) is 22.8. The lowest BCUT2D eigenvalue weighted by atomic mass is 10.2. The van der Waals surface area contributed by atoms with Gasteiger partial charge in [-0.05, 0) is 49.2 Å². The molecule has 0 radical (unpaired) electrons. The van der Waals surface area contributed by atoms with Crippen molar-refractivity contribution in [3.8, 4) is 11.5 Å². The van der Waals surface area contributed by atoms with Crippen molar-refractivity contribution >= 4 is 34.9 Å². The molecule has 3 rings (SSSR count). The number of carbonyl (C=O) groups is 1. The molecule has 2 aromatic carbocycles. The third kappa shape index (κ3) is 6.50. The Morgan fingerprint density at radius 1 is 1.16 bits per heavy atom. The average molecular weight is 455 g/mol. The molecule has 0 aliphatic carbocycles. The molecule has 8 heteroatoms. The number of hydrogen-bond acceptors (Lipinski definition) is 6. The number of carbonyl (C=O) groups excluding carboxylic acids is 1. The Morgan fingerprint density at radius 3 is 2.78 bits per heavy atom. The average Bonchev–Trinajstić information content (AvgIpc) is 3.12. The van der Waals surface area contributed by atoms with Crippen LogP contribution in [0.25, 0.3) is 11.0 Å². The number of thioether (sulfide) groups is 1. The van der Waals surface area contributed by atoms with Gasteiger partial charge >= 0.3 is 0 Å². The molecule has 1 amide bonds. The number of aromatic nitrogens is 2. The number of para-hydroxylation sites is 2. The van der Waals surface area contributed by atoms with Gasteiger partial charge in [-0.15, -0.1) is 0 Å². The Balaban J connectivity index is 1.53. The van der Waals surface area contributed by atoms with Crippen LogP contribution in [0.4, 0.5) is 0 Å². The number of amides is 1. The van der Waals surface area contributed by atoms with Crippen molar-refractivity contribution in [3.63, 3.8) is 0 Å². The molecule has 0 saturated heterocycles. The SMILES string of the molecule is CCCCCOc1ccc(/C=N\NC(=O)CSc2nc3ccccc3n2C)cc1OCC. The lowest BCUT2D eigenvalue weighted by molar-refractivity contribution is -0.118. The van der Waals surface area contributed by atoms with E-state index in [0.717, 1.165) is 46.8 Å². The molecule has 1 aromatic heterocycles. The van der Waals surface area contributed by atoms with Crippen molar-refractivity contribution in [1.82, 2.24) is 15.0 Å². The van der Waals surface area contributed by atoms with Gasteiger partial charge in [0.25, 0.3) is 5.91 Å². The second-order valence-corrected chi connectivity index (χ2v) is 8.16. The molecule has 1 heterocycles. The van der Waals surface area contributed by atoms with Crippen LogP contribution in [0.5, 0.6) is 11.5 Å². The van der Waals surface area contributed by atoms with Gasteiger partial charge in [-0.3, -0.25) is 4.79 Å². The van der Waals surface area contributed by atoms with Gasteiger partial charge in [0.05, 0.1) is 36.2 Å². The number of ether oxygens (including phenoxy) is 2. The number of unbranched alkanes of at least 4 members (excludes halogenated alkanes) is 2. The smallest absolute Gasteiger partial charge is 0.250 e. The van der Waals surface area contributed by atoms with E-state index < -0.39 is 0 Å². The van der Waals surface area contributed by atoms with E-state index in [2.05, 4.69) is 22.4 Å². The second-order valence-electron chi connectivity index (χ2n) is 7.22. The number of aryl methyl sites for hydroxylation is 1.